The number of hydrogen-bond donors (Lipinski definition) is 3. The molecule has 0 radical (unpaired) electrons. The normalized spacial score (nSPS) is 14.2. The van der Waals surface area contributed by atoms with Gasteiger partial charge in [-0.25, -0.2) is 0 Å². The van der Waals surface area contributed by atoms with Gasteiger partial charge in [-0.1, -0.05) is 153 Å². The summed E-state index contributed by atoms with van der Waals surface area (Å²) < 4.78 is 10.2. The number of aliphatic hydroxyl groups excluding tert-OH is 3. The zero-order chi connectivity index (χ0) is 34.8. The lowest BCUT2D eigenvalue weighted by Gasteiger charge is -2.12. The molecule has 0 saturated heterocycles. The average molecular weight is 663 g/mol. The Bertz CT molecular complexity index is 846. The van der Waals surface area contributed by atoms with Crippen LogP contribution in [0.5, 0.6) is 0 Å². The molecule has 0 heterocycles. The highest BCUT2D eigenvalue weighted by Crippen LogP contribution is 2.14. The molecular weight excluding hydrogens is 592 g/mol. The molecule has 0 unspecified atom stereocenters. The number of allylic oxidation sites excluding steroid dienone is 5. The van der Waals surface area contributed by atoms with E-state index in [4.69, 9.17) is 9.47 Å². The third kappa shape index (κ3) is 34.9. The van der Waals surface area contributed by atoms with Gasteiger partial charge in [-0.3, -0.25) is 9.59 Å². The van der Waals surface area contributed by atoms with Gasteiger partial charge < -0.3 is 24.8 Å². The van der Waals surface area contributed by atoms with Gasteiger partial charge in [0.25, 0.3) is 0 Å². The van der Waals surface area contributed by atoms with Crippen molar-refractivity contribution >= 4 is 11.9 Å². The monoisotopic (exact) mass is 663 g/mol. The predicted molar refractivity (Wildman–Crippen MR) is 194 cm³/mol. The smallest absolute Gasteiger partial charge is 0.305 e. The second-order valence-electron chi connectivity index (χ2n) is 13.2. The molecule has 7 nitrogen and oxygen atoms in total. The van der Waals surface area contributed by atoms with Gasteiger partial charge in [-0.05, 0) is 44.4 Å². The fraction of sp³-hybridized carbons (Fsp3) is 0.750. The predicted octanol–water partition coefficient (Wildman–Crippen LogP) is 9.25. The summed E-state index contributed by atoms with van der Waals surface area (Å²) in [7, 11) is 0. The first-order valence-corrected chi connectivity index (χ1v) is 18.8. The van der Waals surface area contributed by atoms with E-state index in [-0.39, 0.29) is 25.6 Å². The topological polar surface area (TPSA) is 113 Å². The molecule has 0 spiro atoms. The van der Waals surface area contributed by atoms with Crippen LogP contribution in [-0.4, -0.2) is 58.8 Å². The van der Waals surface area contributed by atoms with Crippen LogP contribution in [0, 0.1) is 5.92 Å². The molecule has 0 aromatic heterocycles. The van der Waals surface area contributed by atoms with Gasteiger partial charge in [-0.2, -0.15) is 0 Å². The van der Waals surface area contributed by atoms with Crippen molar-refractivity contribution in [1.29, 1.82) is 0 Å². The van der Waals surface area contributed by atoms with Crippen LogP contribution in [0.3, 0.4) is 0 Å². The Morgan fingerprint density at radius 1 is 0.574 bits per heavy atom. The van der Waals surface area contributed by atoms with Gasteiger partial charge >= 0.3 is 11.9 Å². The Kier molecular flexibility index (Phi) is 32.1. The Morgan fingerprint density at radius 3 is 1.64 bits per heavy atom. The Morgan fingerprint density at radius 2 is 1.09 bits per heavy atom. The van der Waals surface area contributed by atoms with Crippen molar-refractivity contribution in [3.63, 3.8) is 0 Å². The zero-order valence-electron chi connectivity index (χ0n) is 30.2. The number of hydrogen-bond acceptors (Lipinski definition) is 7. The first-order valence-electron chi connectivity index (χ1n) is 18.8. The molecule has 0 aliphatic rings. The van der Waals surface area contributed by atoms with E-state index in [0.29, 0.717) is 25.7 Å². The van der Waals surface area contributed by atoms with Gasteiger partial charge in [0, 0.05) is 12.8 Å². The Hall–Kier alpha value is -2.22. The molecule has 0 aromatic carbocycles. The molecule has 0 fully saturated rings. The maximum absolute atomic E-state index is 12.0. The largest absolute Gasteiger partial charge is 0.463 e. The lowest BCUT2D eigenvalue weighted by Crippen LogP contribution is -2.25. The molecule has 0 rings (SSSR count). The third-order valence-electron chi connectivity index (χ3n) is 7.94. The summed E-state index contributed by atoms with van der Waals surface area (Å²) in [5, 5.41) is 30.0. The minimum atomic E-state index is -1.06. The van der Waals surface area contributed by atoms with Crippen molar-refractivity contribution < 1.29 is 34.4 Å². The highest BCUT2D eigenvalue weighted by atomic mass is 16.6. The molecule has 3 N–H and O–H groups in total. The van der Waals surface area contributed by atoms with Crippen LogP contribution in [-0.2, 0) is 19.1 Å². The highest BCUT2D eigenvalue weighted by molar-refractivity contribution is 5.69. The van der Waals surface area contributed by atoms with Crippen LogP contribution >= 0.6 is 0 Å². The molecule has 47 heavy (non-hydrogen) atoms. The fourth-order valence-corrected chi connectivity index (χ4v) is 4.99. The van der Waals surface area contributed by atoms with Gasteiger partial charge in [-0.15, -0.1) is 0 Å². The minimum absolute atomic E-state index is 0.124. The van der Waals surface area contributed by atoms with Gasteiger partial charge in [0.2, 0.25) is 0 Å². The minimum Gasteiger partial charge on any atom is -0.463 e. The summed E-state index contributed by atoms with van der Waals surface area (Å²) in [6, 6.07) is 0. The second-order valence-corrected chi connectivity index (χ2v) is 13.2. The van der Waals surface area contributed by atoms with Crippen LogP contribution in [0.4, 0.5) is 0 Å². The quantitative estimate of drug-likeness (QED) is 0.0285. The van der Waals surface area contributed by atoms with E-state index in [1.165, 1.54) is 77.0 Å². The van der Waals surface area contributed by atoms with E-state index in [2.05, 4.69) is 26.8 Å². The molecular formula is C40H70O7. The number of unbranched alkanes of at least 4 members (excludes halogenated alkanes) is 13. The summed E-state index contributed by atoms with van der Waals surface area (Å²) >= 11 is 0. The molecule has 0 saturated carbocycles. The molecule has 0 aliphatic carbocycles. The van der Waals surface area contributed by atoms with Crippen molar-refractivity contribution in [2.24, 2.45) is 5.92 Å². The molecule has 0 aliphatic heterocycles. The number of rotatable bonds is 32. The SMILES string of the molecule is CCCCC/C=C\C[C@@H](O)/C=C/C=C/C=C\[C@@H](O)CCCC(=O)OC[C@H](O)COC(=O)CCCCCCCCCCCCCC(C)C. The van der Waals surface area contributed by atoms with E-state index >= 15 is 0 Å². The van der Waals surface area contributed by atoms with Crippen LogP contribution in [0.1, 0.15) is 156 Å². The van der Waals surface area contributed by atoms with Crippen molar-refractivity contribution in [2.45, 2.75) is 174 Å². The van der Waals surface area contributed by atoms with E-state index in [1.54, 1.807) is 36.5 Å². The summed E-state index contributed by atoms with van der Waals surface area (Å²) in [5.74, 6) is 0.0216. The maximum Gasteiger partial charge on any atom is 0.305 e. The highest BCUT2D eigenvalue weighted by Gasteiger charge is 2.12. The molecule has 7 heteroatoms. The van der Waals surface area contributed by atoms with Crippen LogP contribution in [0.25, 0.3) is 0 Å². The van der Waals surface area contributed by atoms with E-state index < -0.39 is 24.3 Å². The summed E-state index contributed by atoms with van der Waals surface area (Å²) in [5.41, 5.74) is 0. The van der Waals surface area contributed by atoms with Gasteiger partial charge in [0.1, 0.15) is 19.3 Å². The van der Waals surface area contributed by atoms with Gasteiger partial charge in [0.15, 0.2) is 0 Å². The molecule has 272 valence electrons. The van der Waals surface area contributed by atoms with E-state index in [1.807, 2.05) is 6.08 Å². The first kappa shape index (κ1) is 44.8. The number of esters is 2. The number of carbonyl (C=O) groups excluding carboxylic acids is 2. The molecule has 0 bridgehead atoms. The molecule has 0 aromatic rings. The Balaban J connectivity index is 3.73. The zero-order valence-corrected chi connectivity index (χ0v) is 30.2. The second kappa shape index (κ2) is 33.7. The Labute approximate surface area is 287 Å². The van der Waals surface area contributed by atoms with Crippen molar-refractivity contribution in [3.05, 3.63) is 48.6 Å². The number of carbonyl (C=O) groups is 2. The summed E-state index contributed by atoms with van der Waals surface area (Å²) in [6.07, 6.45) is 33.7. The average Bonchev–Trinajstić information content (AvgIpc) is 3.04. The standard InChI is InChI=1S/C40H70O7/c1-4-5-6-7-16-21-27-36(41)28-22-18-19-23-29-37(42)30-25-32-40(45)47-34-38(43)33-46-39(44)31-24-17-14-12-10-8-9-11-13-15-20-26-35(2)3/h16,18-19,21-23,28-29,35-38,41-43H,4-15,17,20,24-27,30-34H2,1-3H3/b19-18+,21-16-,28-22+,29-23-/t36-,37-,38-/m1/s1. The molecule has 3 atom stereocenters. The van der Waals surface area contributed by atoms with E-state index in [9.17, 15) is 24.9 Å². The van der Waals surface area contributed by atoms with Crippen LogP contribution in [0.15, 0.2) is 48.6 Å². The fourth-order valence-electron chi connectivity index (χ4n) is 4.99. The van der Waals surface area contributed by atoms with E-state index in [0.717, 1.165) is 31.6 Å². The van der Waals surface area contributed by atoms with Crippen molar-refractivity contribution in [1.82, 2.24) is 0 Å². The number of ether oxygens (including phenoxy) is 2. The van der Waals surface area contributed by atoms with Crippen molar-refractivity contribution in [3.8, 4) is 0 Å². The van der Waals surface area contributed by atoms with Crippen LogP contribution < -0.4 is 0 Å². The van der Waals surface area contributed by atoms with Crippen molar-refractivity contribution in [2.75, 3.05) is 13.2 Å². The lowest BCUT2D eigenvalue weighted by molar-refractivity contribution is -0.152. The summed E-state index contributed by atoms with van der Waals surface area (Å²) in [6.45, 7) is 6.34. The lowest BCUT2D eigenvalue weighted by atomic mass is 10.0. The maximum atomic E-state index is 12.0. The summed E-state index contributed by atoms with van der Waals surface area (Å²) in [4.78, 5) is 23.9. The first-order chi connectivity index (χ1) is 22.7. The number of aliphatic hydroxyl groups is 3. The van der Waals surface area contributed by atoms with Crippen LogP contribution in [0.2, 0.25) is 0 Å². The van der Waals surface area contributed by atoms with Gasteiger partial charge in [0.05, 0.1) is 12.2 Å². The third-order valence-corrected chi connectivity index (χ3v) is 7.94. The molecule has 0 amide bonds.